The van der Waals surface area contributed by atoms with Crippen LogP contribution in [0.15, 0.2) is 23.1 Å². The molecule has 1 aromatic rings. The van der Waals surface area contributed by atoms with Crippen molar-refractivity contribution in [3.8, 4) is 0 Å². The minimum atomic E-state index is -0.448. The predicted molar refractivity (Wildman–Crippen MR) is 64.6 cm³/mol. The van der Waals surface area contributed by atoms with Gasteiger partial charge in [0.1, 0.15) is 0 Å². The molecule has 0 spiro atoms. The second-order valence-corrected chi connectivity index (χ2v) is 4.80. The van der Waals surface area contributed by atoms with Gasteiger partial charge in [0.05, 0.1) is 25.0 Å². The third kappa shape index (κ3) is 2.90. The summed E-state index contributed by atoms with van der Waals surface area (Å²) in [6.45, 7) is 1.95. The summed E-state index contributed by atoms with van der Waals surface area (Å²) in [6.07, 6.45) is 0. The molecule has 1 rings (SSSR count). The van der Waals surface area contributed by atoms with Gasteiger partial charge in [-0.3, -0.25) is 0 Å². The van der Waals surface area contributed by atoms with E-state index >= 15 is 0 Å². The van der Waals surface area contributed by atoms with Crippen LogP contribution in [0.2, 0.25) is 0 Å². The fourth-order valence-electron chi connectivity index (χ4n) is 1.19. The lowest BCUT2D eigenvalue weighted by Crippen LogP contribution is -2.08. The highest BCUT2D eigenvalue weighted by atomic mass is 32.2. The fourth-order valence-corrected chi connectivity index (χ4v) is 2.09. The maximum absolute atomic E-state index is 11.4. The van der Waals surface area contributed by atoms with E-state index in [2.05, 4.69) is 4.74 Å². The minimum absolute atomic E-state index is 0.0372. The summed E-state index contributed by atoms with van der Waals surface area (Å²) in [6, 6.07) is 5.18. The van der Waals surface area contributed by atoms with E-state index in [-0.39, 0.29) is 11.9 Å². The summed E-state index contributed by atoms with van der Waals surface area (Å²) in [5.41, 5.74) is 6.62. The first-order valence-electron chi connectivity index (χ1n) is 4.84. The van der Waals surface area contributed by atoms with Crippen molar-refractivity contribution in [2.75, 3.05) is 19.5 Å². The van der Waals surface area contributed by atoms with Gasteiger partial charge in [-0.15, -0.1) is 11.8 Å². The Morgan fingerprint density at radius 2 is 2.31 bits per heavy atom. The Bertz CT molecular complexity index is 381. The van der Waals surface area contributed by atoms with Gasteiger partial charge in [-0.1, -0.05) is 13.0 Å². The molecule has 0 aliphatic heterocycles. The first-order chi connectivity index (χ1) is 7.60. The van der Waals surface area contributed by atoms with Crippen LogP contribution in [0.4, 0.5) is 5.69 Å². The zero-order valence-electron chi connectivity index (χ0n) is 9.27. The number of carbonyl (C=O) groups is 1. The number of benzene rings is 1. The van der Waals surface area contributed by atoms with Gasteiger partial charge in [0.15, 0.2) is 0 Å². The Morgan fingerprint density at radius 3 is 2.88 bits per heavy atom. The molecule has 1 unspecified atom stereocenters. The highest BCUT2D eigenvalue weighted by molar-refractivity contribution is 8.00. The number of para-hydroxylation sites is 1. The first kappa shape index (κ1) is 12.9. The quantitative estimate of drug-likeness (QED) is 0.475. The molecule has 0 heterocycles. The number of methoxy groups -OCH3 is 1. The summed E-state index contributed by atoms with van der Waals surface area (Å²) in [5, 5.41) is 9.00. The molecular formula is C11H15NO3S. The second kappa shape index (κ2) is 5.77. The van der Waals surface area contributed by atoms with Crippen molar-refractivity contribution in [2.45, 2.75) is 17.1 Å². The Morgan fingerprint density at radius 1 is 1.62 bits per heavy atom. The fraction of sp³-hybridized carbons (Fsp3) is 0.364. The SMILES string of the molecule is COC(=O)c1cccc(SC(C)CO)c1N. The van der Waals surface area contributed by atoms with Crippen LogP contribution in [0.1, 0.15) is 17.3 Å². The van der Waals surface area contributed by atoms with Crippen LogP contribution in [0.3, 0.4) is 0 Å². The number of nitrogens with two attached hydrogens (primary N) is 1. The summed E-state index contributed by atoms with van der Waals surface area (Å²) >= 11 is 1.43. The third-order valence-electron chi connectivity index (χ3n) is 2.06. The molecule has 1 atom stereocenters. The Kier molecular flexibility index (Phi) is 4.64. The molecule has 0 saturated heterocycles. The van der Waals surface area contributed by atoms with Gasteiger partial charge >= 0.3 is 5.97 Å². The van der Waals surface area contributed by atoms with E-state index < -0.39 is 5.97 Å². The maximum atomic E-state index is 11.4. The van der Waals surface area contributed by atoms with Gasteiger partial charge in [-0.2, -0.15) is 0 Å². The number of aliphatic hydroxyl groups excluding tert-OH is 1. The molecule has 0 aliphatic carbocycles. The van der Waals surface area contributed by atoms with Crippen LogP contribution in [0, 0.1) is 0 Å². The van der Waals surface area contributed by atoms with Gasteiger partial charge in [-0.05, 0) is 12.1 Å². The molecule has 5 heteroatoms. The number of rotatable bonds is 4. The van der Waals surface area contributed by atoms with Crippen molar-refractivity contribution < 1.29 is 14.6 Å². The second-order valence-electron chi connectivity index (χ2n) is 3.32. The standard InChI is InChI=1S/C11H15NO3S/c1-7(6-13)16-9-5-3-4-8(10(9)12)11(14)15-2/h3-5,7,13H,6,12H2,1-2H3. The van der Waals surface area contributed by atoms with Gasteiger partial charge in [0, 0.05) is 10.1 Å². The zero-order valence-corrected chi connectivity index (χ0v) is 10.1. The number of hydrogen-bond donors (Lipinski definition) is 2. The molecule has 16 heavy (non-hydrogen) atoms. The van der Waals surface area contributed by atoms with Crippen molar-refractivity contribution in [1.82, 2.24) is 0 Å². The monoisotopic (exact) mass is 241 g/mol. The summed E-state index contributed by atoms with van der Waals surface area (Å²) in [4.78, 5) is 12.2. The number of thioether (sulfide) groups is 1. The smallest absolute Gasteiger partial charge is 0.339 e. The predicted octanol–water partition coefficient (Wildman–Crippen LogP) is 1.53. The largest absolute Gasteiger partial charge is 0.465 e. The first-order valence-corrected chi connectivity index (χ1v) is 5.72. The van der Waals surface area contributed by atoms with E-state index in [0.717, 1.165) is 4.90 Å². The molecule has 88 valence electrons. The minimum Gasteiger partial charge on any atom is -0.465 e. The summed E-state index contributed by atoms with van der Waals surface area (Å²) in [7, 11) is 1.32. The molecular weight excluding hydrogens is 226 g/mol. The van der Waals surface area contributed by atoms with E-state index in [4.69, 9.17) is 10.8 Å². The van der Waals surface area contributed by atoms with Crippen LogP contribution >= 0.6 is 11.8 Å². The number of ether oxygens (including phenoxy) is 1. The summed E-state index contributed by atoms with van der Waals surface area (Å²) < 4.78 is 4.63. The van der Waals surface area contributed by atoms with Crippen LogP contribution in [-0.2, 0) is 4.74 Å². The van der Waals surface area contributed by atoms with Crippen LogP contribution in [0.5, 0.6) is 0 Å². The molecule has 1 aromatic carbocycles. The van der Waals surface area contributed by atoms with Crippen molar-refractivity contribution in [1.29, 1.82) is 0 Å². The number of aliphatic hydroxyl groups is 1. The van der Waals surface area contributed by atoms with Crippen molar-refractivity contribution in [2.24, 2.45) is 0 Å². The number of esters is 1. The van der Waals surface area contributed by atoms with E-state index in [1.165, 1.54) is 18.9 Å². The van der Waals surface area contributed by atoms with Crippen molar-refractivity contribution in [3.63, 3.8) is 0 Å². The molecule has 0 bridgehead atoms. The van der Waals surface area contributed by atoms with Gasteiger partial charge in [0.2, 0.25) is 0 Å². The number of nitrogen functional groups attached to an aromatic ring is 1. The van der Waals surface area contributed by atoms with E-state index in [9.17, 15) is 4.79 Å². The van der Waals surface area contributed by atoms with E-state index in [1.807, 2.05) is 13.0 Å². The maximum Gasteiger partial charge on any atom is 0.339 e. The highest BCUT2D eigenvalue weighted by Gasteiger charge is 2.14. The third-order valence-corrected chi connectivity index (χ3v) is 3.22. The number of anilines is 1. The van der Waals surface area contributed by atoms with Gasteiger partial charge < -0.3 is 15.6 Å². The van der Waals surface area contributed by atoms with Crippen molar-refractivity contribution in [3.05, 3.63) is 23.8 Å². The molecule has 0 saturated carbocycles. The van der Waals surface area contributed by atoms with E-state index in [0.29, 0.717) is 11.3 Å². The topological polar surface area (TPSA) is 72.5 Å². The lowest BCUT2D eigenvalue weighted by atomic mass is 10.2. The number of carbonyl (C=O) groups excluding carboxylic acids is 1. The molecule has 3 N–H and O–H groups in total. The summed E-state index contributed by atoms with van der Waals surface area (Å²) in [5.74, 6) is -0.448. The van der Waals surface area contributed by atoms with Crippen molar-refractivity contribution >= 4 is 23.4 Å². The average molecular weight is 241 g/mol. The number of hydrogen-bond acceptors (Lipinski definition) is 5. The van der Waals surface area contributed by atoms with Gasteiger partial charge in [0.25, 0.3) is 0 Å². The van der Waals surface area contributed by atoms with Crippen LogP contribution in [0.25, 0.3) is 0 Å². The molecule has 0 fully saturated rings. The molecule has 4 nitrogen and oxygen atoms in total. The molecule has 0 aliphatic rings. The molecule has 0 radical (unpaired) electrons. The molecule has 0 amide bonds. The van der Waals surface area contributed by atoms with Crippen LogP contribution in [-0.4, -0.2) is 30.0 Å². The lowest BCUT2D eigenvalue weighted by molar-refractivity contribution is 0.0601. The Labute approximate surface area is 98.8 Å². The Balaban J connectivity index is 2.99. The molecule has 0 aromatic heterocycles. The zero-order chi connectivity index (χ0) is 12.1. The van der Waals surface area contributed by atoms with Crippen LogP contribution < -0.4 is 5.73 Å². The van der Waals surface area contributed by atoms with Gasteiger partial charge in [-0.25, -0.2) is 4.79 Å². The lowest BCUT2D eigenvalue weighted by Gasteiger charge is -2.12. The highest BCUT2D eigenvalue weighted by Crippen LogP contribution is 2.31. The normalized spacial score (nSPS) is 12.2. The Hall–Kier alpha value is -1.20. The van der Waals surface area contributed by atoms with E-state index in [1.54, 1.807) is 12.1 Å². The average Bonchev–Trinajstić information content (AvgIpc) is 2.30.